The van der Waals surface area contributed by atoms with E-state index >= 15 is 0 Å². The van der Waals surface area contributed by atoms with Crippen molar-refractivity contribution in [2.24, 2.45) is 0 Å². The number of nitrogens with one attached hydrogen (secondary N) is 1. The van der Waals surface area contributed by atoms with E-state index in [1.807, 2.05) is 0 Å². The predicted molar refractivity (Wildman–Crippen MR) is 70.0 cm³/mol. The Hall–Kier alpha value is -1.36. The van der Waals surface area contributed by atoms with E-state index in [2.05, 4.69) is 36.1 Å². The van der Waals surface area contributed by atoms with Gasteiger partial charge in [0.2, 0.25) is 0 Å². The summed E-state index contributed by atoms with van der Waals surface area (Å²) in [7, 11) is 0. The van der Waals surface area contributed by atoms with E-state index in [1.165, 1.54) is 0 Å². The minimum absolute atomic E-state index is 0.114. The van der Waals surface area contributed by atoms with Gasteiger partial charge in [0.05, 0.1) is 0 Å². The first-order valence-corrected chi connectivity index (χ1v) is 5.93. The topological polar surface area (TPSA) is 84.1 Å². The maximum absolute atomic E-state index is 8.68. The highest BCUT2D eigenvalue weighted by atomic mass is 16.2. The molecule has 0 spiro atoms. The lowest BCUT2D eigenvalue weighted by molar-refractivity contribution is 0.286. The fourth-order valence-electron chi connectivity index (χ4n) is 1.35. The molecule has 0 aromatic carbocycles. The molecule has 0 amide bonds. The molecule has 5 nitrogen and oxygen atoms in total. The van der Waals surface area contributed by atoms with Crippen LogP contribution in [0.15, 0.2) is 6.07 Å². The Morgan fingerprint density at radius 1 is 1.29 bits per heavy atom. The van der Waals surface area contributed by atoms with E-state index in [0.717, 1.165) is 31.0 Å². The summed E-state index contributed by atoms with van der Waals surface area (Å²) in [6, 6.07) is 1.73. The van der Waals surface area contributed by atoms with Gasteiger partial charge in [-0.05, 0) is 12.8 Å². The van der Waals surface area contributed by atoms with Crippen molar-refractivity contribution in [1.82, 2.24) is 9.97 Å². The largest absolute Gasteiger partial charge is 0.396 e. The Labute approximate surface area is 102 Å². The van der Waals surface area contributed by atoms with Gasteiger partial charge < -0.3 is 16.2 Å². The quantitative estimate of drug-likeness (QED) is 0.678. The Balaban J connectivity index is 2.69. The summed E-state index contributed by atoms with van der Waals surface area (Å²) >= 11 is 0. The normalized spacial score (nSPS) is 11.5. The van der Waals surface area contributed by atoms with E-state index in [-0.39, 0.29) is 12.0 Å². The van der Waals surface area contributed by atoms with Crippen LogP contribution in [0.25, 0.3) is 0 Å². The second kappa shape index (κ2) is 5.82. The van der Waals surface area contributed by atoms with Crippen LogP contribution in [0.3, 0.4) is 0 Å². The molecule has 0 aliphatic rings. The van der Waals surface area contributed by atoms with Crippen LogP contribution in [0.1, 0.15) is 39.4 Å². The van der Waals surface area contributed by atoms with Crippen LogP contribution in [0.5, 0.6) is 0 Å². The summed E-state index contributed by atoms with van der Waals surface area (Å²) in [4.78, 5) is 8.67. The summed E-state index contributed by atoms with van der Waals surface area (Å²) in [5.41, 5.74) is 5.64. The molecule has 4 N–H and O–H groups in total. The number of anilines is 2. The molecule has 0 aliphatic heterocycles. The summed E-state index contributed by atoms with van der Waals surface area (Å²) < 4.78 is 0. The van der Waals surface area contributed by atoms with E-state index in [4.69, 9.17) is 10.8 Å². The maximum atomic E-state index is 8.68. The van der Waals surface area contributed by atoms with Crippen molar-refractivity contribution in [3.8, 4) is 0 Å². The van der Waals surface area contributed by atoms with Gasteiger partial charge in [0.15, 0.2) is 0 Å². The van der Waals surface area contributed by atoms with Gasteiger partial charge in [0, 0.05) is 24.6 Å². The van der Waals surface area contributed by atoms with Gasteiger partial charge in [-0.15, -0.1) is 0 Å². The van der Waals surface area contributed by atoms with Crippen molar-refractivity contribution >= 4 is 11.6 Å². The average molecular weight is 238 g/mol. The zero-order valence-electron chi connectivity index (χ0n) is 10.8. The second-order valence-electron chi connectivity index (χ2n) is 5.11. The molecule has 1 heterocycles. The van der Waals surface area contributed by atoms with Crippen molar-refractivity contribution in [3.63, 3.8) is 0 Å². The van der Waals surface area contributed by atoms with Gasteiger partial charge in [0.25, 0.3) is 0 Å². The monoisotopic (exact) mass is 238 g/mol. The second-order valence-corrected chi connectivity index (χ2v) is 5.11. The van der Waals surface area contributed by atoms with Crippen LogP contribution in [0, 0.1) is 0 Å². The van der Waals surface area contributed by atoms with Crippen LogP contribution in [0.2, 0.25) is 0 Å². The lowest BCUT2D eigenvalue weighted by Gasteiger charge is -2.18. The lowest BCUT2D eigenvalue weighted by atomic mass is 9.96. The number of aliphatic hydroxyl groups excluding tert-OH is 1. The molecule has 1 aromatic rings. The van der Waals surface area contributed by atoms with Crippen LogP contribution < -0.4 is 11.1 Å². The van der Waals surface area contributed by atoms with Crippen molar-refractivity contribution < 1.29 is 5.11 Å². The van der Waals surface area contributed by atoms with E-state index in [1.54, 1.807) is 6.07 Å². The Bertz CT molecular complexity index is 360. The fourth-order valence-corrected chi connectivity index (χ4v) is 1.35. The maximum Gasteiger partial charge on any atom is 0.138 e. The third kappa shape index (κ3) is 4.56. The molecule has 0 aliphatic carbocycles. The number of aromatic nitrogens is 2. The molecule has 0 saturated carbocycles. The first kappa shape index (κ1) is 13.7. The van der Waals surface area contributed by atoms with Crippen molar-refractivity contribution in [2.75, 3.05) is 24.2 Å². The molecule has 0 saturated heterocycles. The summed E-state index contributed by atoms with van der Waals surface area (Å²) in [5, 5.41) is 11.9. The zero-order chi connectivity index (χ0) is 12.9. The number of unbranched alkanes of at least 4 members (excludes halogenated alkanes) is 1. The average Bonchev–Trinajstić information content (AvgIpc) is 2.22. The number of nitrogen functional groups attached to an aromatic ring is 1. The van der Waals surface area contributed by atoms with Crippen LogP contribution in [-0.2, 0) is 5.41 Å². The Morgan fingerprint density at radius 3 is 2.59 bits per heavy atom. The van der Waals surface area contributed by atoms with Gasteiger partial charge in [-0.25, -0.2) is 9.97 Å². The highest BCUT2D eigenvalue weighted by Gasteiger charge is 2.18. The van der Waals surface area contributed by atoms with Gasteiger partial charge in [-0.2, -0.15) is 0 Å². The Kier molecular flexibility index (Phi) is 4.69. The smallest absolute Gasteiger partial charge is 0.138 e. The molecule has 0 atom stereocenters. The molecule has 0 radical (unpaired) electrons. The van der Waals surface area contributed by atoms with Crippen molar-refractivity contribution in [2.45, 2.75) is 39.0 Å². The van der Waals surface area contributed by atoms with Gasteiger partial charge in [-0.3, -0.25) is 0 Å². The van der Waals surface area contributed by atoms with Gasteiger partial charge >= 0.3 is 0 Å². The molecule has 1 rings (SSSR count). The standard InChI is InChI=1S/C12H22N4O/c1-12(2,3)11-15-9(13)8-10(16-11)14-6-4-5-7-17/h8,17H,4-7H2,1-3H3,(H3,13,14,15,16). The number of nitrogens with zero attached hydrogens (tertiary/aromatic N) is 2. The fraction of sp³-hybridized carbons (Fsp3) is 0.667. The highest BCUT2D eigenvalue weighted by Crippen LogP contribution is 2.21. The summed E-state index contributed by atoms with van der Waals surface area (Å²) in [5.74, 6) is 1.97. The Morgan fingerprint density at radius 2 is 2.00 bits per heavy atom. The molecule has 1 aromatic heterocycles. The van der Waals surface area contributed by atoms with E-state index in [9.17, 15) is 0 Å². The minimum atomic E-state index is -0.114. The van der Waals surface area contributed by atoms with Gasteiger partial charge in [0.1, 0.15) is 17.5 Å². The van der Waals surface area contributed by atoms with Crippen LogP contribution in [0.4, 0.5) is 11.6 Å². The number of hydrogen-bond donors (Lipinski definition) is 3. The SMILES string of the molecule is CC(C)(C)c1nc(N)cc(NCCCCO)n1. The molecular formula is C12H22N4O. The molecular weight excluding hydrogens is 216 g/mol. The predicted octanol–water partition coefficient (Wildman–Crippen LogP) is 1.54. The number of rotatable bonds is 5. The first-order valence-electron chi connectivity index (χ1n) is 5.93. The van der Waals surface area contributed by atoms with E-state index in [0.29, 0.717) is 5.82 Å². The van der Waals surface area contributed by atoms with Crippen molar-refractivity contribution in [3.05, 3.63) is 11.9 Å². The van der Waals surface area contributed by atoms with Crippen LogP contribution >= 0.6 is 0 Å². The zero-order valence-corrected chi connectivity index (χ0v) is 10.8. The highest BCUT2D eigenvalue weighted by molar-refractivity contribution is 5.45. The third-order valence-electron chi connectivity index (χ3n) is 2.31. The van der Waals surface area contributed by atoms with Gasteiger partial charge in [-0.1, -0.05) is 20.8 Å². The third-order valence-corrected chi connectivity index (χ3v) is 2.31. The first-order chi connectivity index (χ1) is 7.93. The number of aliphatic hydroxyl groups is 1. The molecule has 96 valence electrons. The summed E-state index contributed by atoms with van der Waals surface area (Å²) in [6.07, 6.45) is 1.70. The molecule has 0 bridgehead atoms. The number of hydrogen-bond acceptors (Lipinski definition) is 5. The van der Waals surface area contributed by atoms with Crippen LogP contribution in [-0.4, -0.2) is 28.2 Å². The van der Waals surface area contributed by atoms with E-state index < -0.39 is 0 Å². The molecule has 0 unspecified atom stereocenters. The molecule has 0 fully saturated rings. The van der Waals surface area contributed by atoms with Crippen molar-refractivity contribution in [1.29, 1.82) is 0 Å². The number of nitrogens with two attached hydrogens (primary N) is 1. The minimum Gasteiger partial charge on any atom is -0.396 e. The lowest BCUT2D eigenvalue weighted by Crippen LogP contribution is -2.18. The summed E-state index contributed by atoms with van der Waals surface area (Å²) in [6.45, 7) is 7.16. The molecule has 17 heavy (non-hydrogen) atoms. The molecule has 5 heteroatoms.